The summed E-state index contributed by atoms with van der Waals surface area (Å²) in [5.41, 5.74) is 2.81. The number of carbonyl (C=O) groups excluding carboxylic acids is 5. The zero-order chi connectivity index (χ0) is 40.5. The molecule has 7 heteroatoms. The van der Waals surface area contributed by atoms with Crippen LogP contribution in [0.25, 0.3) is 16.3 Å². The molecular formula is C49H62O7. The molecule has 6 unspecified atom stereocenters. The molecule has 6 atom stereocenters. The Kier molecular flexibility index (Phi) is 12.4. The zero-order valence-corrected chi connectivity index (χ0v) is 34.8. The topological polar surface area (TPSA) is 104 Å². The van der Waals surface area contributed by atoms with Crippen LogP contribution in [0.4, 0.5) is 0 Å². The summed E-state index contributed by atoms with van der Waals surface area (Å²) in [5, 5.41) is 1.88. The molecule has 0 N–H and O–H groups in total. The standard InChI is InChI=1S/C49H62O7/c1-9-35-27-49(35,30(4)50)28-44(53)41-25-38(26-42(41)47(54)43(48(5,6)7)24-37(52)20-31-13-11-12-14-31)56-46-23-34(33-16-15-32(19-33)21-36(51)10-2)22-40-29(3)45(55-8)18-17-39(40)46/h9,16-19,22-23,31,35,38,41-43H,1,10-15,20-21,24-28H2,2-8H3. The second-order valence-corrected chi connectivity index (χ2v) is 18.4. The van der Waals surface area contributed by atoms with Crippen LogP contribution in [-0.4, -0.2) is 42.1 Å². The maximum absolute atomic E-state index is 14.9. The first-order valence-electron chi connectivity index (χ1n) is 21.0. The smallest absolute Gasteiger partial charge is 0.140 e. The molecule has 0 spiro atoms. The first-order chi connectivity index (χ1) is 26.6. The number of hydrogen-bond donors (Lipinski definition) is 0. The number of aryl methyl sites for hydroxylation is 1. The molecule has 0 aliphatic heterocycles. The third kappa shape index (κ3) is 8.72. The Labute approximate surface area is 333 Å². The number of methoxy groups -OCH3 is 1. The van der Waals surface area contributed by atoms with Gasteiger partial charge in [0.05, 0.1) is 7.11 Å². The molecule has 0 saturated heterocycles. The molecule has 2 aromatic rings. The minimum absolute atomic E-state index is 0.0129. The van der Waals surface area contributed by atoms with Crippen LogP contribution in [0, 0.1) is 47.3 Å². The summed E-state index contributed by atoms with van der Waals surface area (Å²) in [6.07, 6.45) is 13.8. The molecule has 56 heavy (non-hydrogen) atoms. The van der Waals surface area contributed by atoms with Crippen molar-refractivity contribution in [1.82, 2.24) is 0 Å². The Morgan fingerprint density at radius 2 is 1.70 bits per heavy atom. The molecule has 300 valence electrons. The van der Waals surface area contributed by atoms with Crippen LogP contribution in [0.1, 0.15) is 129 Å². The normalized spacial score (nSPS) is 25.4. The lowest BCUT2D eigenvalue weighted by Crippen LogP contribution is -2.38. The number of carbonyl (C=O) groups is 5. The molecule has 7 nitrogen and oxygen atoms in total. The number of fused-ring (bicyclic) bond motifs is 1. The van der Waals surface area contributed by atoms with Crippen molar-refractivity contribution in [2.45, 2.75) is 131 Å². The Hall–Kier alpha value is -4.13. The molecule has 4 aliphatic rings. The lowest BCUT2D eigenvalue weighted by molar-refractivity contribution is -0.139. The van der Waals surface area contributed by atoms with Gasteiger partial charge in [-0.25, -0.2) is 0 Å². The Balaban J connectivity index is 1.34. The van der Waals surface area contributed by atoms with E-state index < -0.39 is 34.7 Å². The van der Waals surface area contributed by atoms with E-state index in [-0.39, 0.29) is 47.7 Å². The monoisotopic (exact) mass is 762 g/mol. The van der Waals surface area contributed by atoms with Crippen LogP contribution in [0.15, 0.2) is 54.6 Å². The van der Waals surface area contributed by atoms with Gasteiger partial charge in [0.15, 0.2) is 0 Å². The highest BCUT2D eigenvalue weighted by molar-refractivity contribution is 5.99. The summed E-state index contributed by atoms with van der Waals surface area (Å²) in [6, 6.07) is 8.11. The SMILES string of the molecule is C=CC1CC1(CC(=O)C1CC(Oc2cc(C3=CCC(CC(=O)CC)=C3)cc3c(C)c(OC)ccc23)CC1C(=O)C(CC(=O)CC1CCCC1)C(C)(C)C)C(C)=O. The number of ether oxygens (including phenoxy) is 2. The maximum atomic E-state index is 14.9. The molecular weight excluding hydrogens is 701 g/mol. The summed E-state index contributed by atoms with van der Waals surface area (Å²) < 4.78 is 12.7. The predicted octanol–water partition coefficient (Wildman–Crippen LogP) is 10.5. The van der Waals surface area contributed by atoms with E-state index in [1.807, 2.05) is 52.8 Å². The molecule has 6 rings (SSSR count). The van der Waals surface area contributed by atoms with Gasteiger partial charge in [0.25, 0.3) is 0 Å². The van der Waals surface area contributed by atoms with Gasteiger partial charge in [0.1, 0.15) is 46.5 Å². The number of Topliss-reactive ketones (excluding diaryl/α,β-unsaturated/α-hetero) is 5. The van der Waals surface area contributed by atoms with Crippen LogP contribution in [0.2, 0.25) is 0 Å². The number of hydrogen-bond acceptors (Lipinski definition) is 7. The fraction of sp³-hybridized carbons (Fsp3) is 0.571. The third-order valence-corrected chi connectivity index (χ3v) is 13.6. The average Bonchev–Trinajstić information content (AvgIpc) is 3.57. The molecule has 0 aromatic heterocycles. The predicted molar refractivity (Wildman–Crippen MR) is 222 cm³/mol. The van der Waals surface area contributed by atoms with Gasteiger partial charge < -0.3 is 9.47 Å². The van der Waals surface area contributed by atoms with E-state index in [1.54, 1.807) is 20.1 Å². The van der Waals surface area contributed by atoms with Crippen LogP contribution >= 0.6 is 0 Å². The van der Waals surface area contributed by atoms with Crippen LogP contribution in [0.5, 0.6) is 11.5 Å². The largest absolute Gasteiger partial charge is 0.496 e. The van der Waals surface area contributed by atoms with Crippen LogP contribution in [0.3, 0.4) is 0 Å². The summed E-state index contributed by atoms with van der Waals surface area (Å²) in [5.74, 6) is 0.202. The van der Waals surface area contributed by atoms with E-state index in [9.17, 15) is 24.0 Å². The average molecular weight is 763 g/mol. The van der Waals surface area contributed by atoms with Crippen molar-refractivity contribution in [2.75, 3.05) is 7.11 Å². The number of allylic oxidation sites excluding steroid dienone is 5. The summed E-state index contributed by atoms with van der Waals surface area (Å²) >= 11 is 0. The van der Waals surface area contributed by atoms with E-state index in [1.165, 1.54) is 0 Å². The van der Waals surface area contributed by atoms with Gasteiger partial charge >= 0.3 is 0 Å². The maximum Gasteiger partial charge on any atom is 0.140 e. The van der Waals surface area contributed by atoms with Crippen molar-refractivity contribution in [1.29, 1.82) is 0 Å². The second kappa shape index (κ2) is 16.8. The molecule has 4 aliphatic carbocycles. The first kappa shape index (κ1) is 41.5. The van der Waals surface area contributed by atoms with Gasteiger partial charge in [0, 0.05) is 60.7 Å². The van der Waals surface area contributed by atoms with Crippen molar-refractivity contribution >= 4 is 45.3 Å². The van der Waals surface area contributed by atoms with Crippen molar-refractivity contribution in [2.24, 2.45) is 40.4 Å². The van der Waals surface area contributed by atoms with Gasteiger partial charge in [-0.15, -0.1) is 6.58 Å². The Bertz CT molecular complexity index is 1970. The van der Waals surface area contributed by atoms with Gasteiger partial charge in [-0.1, -0.05) is 77.2 Å². The van der Waals surface area contributed by atoms with Crippen molar-refractivity contribution in [3.63, 3.8) is 0 Å². The fourth-order valence-electron chi connectivity index (χ4n) is 9.99. The molecule has 3 saturated carbocycles. The van der Waals surface area contributed by atoms with E-state index in [4.69, 9.17) is 9.47 Å². The zero-order valence-electron chi connectivity index (χ0n) is 34.8. The summed E-state index contributed by atoms with van der Waals surface area (Å²) in [6.45, 7) is 15.4. The highest BCUT2D eigenvalue weighted by Crippen LogP contribution is 2.58. The minimum Gasteiger partial charge on any atom is -0.496 e. The Morgan fingerprint density at radius 1 is 0.982 bits per heavy atom. The van der Waals surface area contributed by atoms with E-state index >= 15 is 0 Å². The molecule has 0 heterocycles. The highest BCUT2D eigenvalue weighted by Gasteiger charge is 2.59. The van der Waals surface area contributed by atoms with Crippen LogP contribution < -0.4 is 9.47 Å². The molecule has 0 bridgehead atoms. The molecule has 3 fully saturated rings. The van der Waals surface area contributed by atoms with Crippen molar-refractivity contribution in [3.05, 3.63) is 65.8 Å². The fourth-order valence-corrected chi connectivity index (χ4v) is 9.99. The van der Waals surface area contributed by atoms with E-state index in [0.29, 0.717) is 50.2 Å². The number of benzene rings is 2. The minimum atomic E-state index is -0.754. The lowest BCUT2D eigenvalue weighted by Gasteiger charge is -2.33. The van der Waals surface area contributed by atoms with Gasteiger partial charge in [-0.2, -0.15) is 0 Å². The first-order valence-corrected chi connectivity index (χ1v) is 21.0. The van der Waals surface area contributed by atoms with E-state index in [2.05, 4.69) is 24.8 Å². The molecule has 0 radical (unpaired) electrons. The molecule has 2 aromatic carbocycles. The summed E-state index contributed by atoms with van der Waals surface area (Å²) in [7, 11) is 1.66. The summed E-state index contributed by atoms with van der Waals surface area (Å²) in [4.78, 5) is 68.1. The van der Waals surface area contributed by atoms with Crippen molar-refractivity contribution in [3.8, 4) is 11.5 Å². The van der Waals surface area contributed by atoms with Crippen LogP contribution in [-0.2, 0) is 24.0 Å². The van der Waals surface area contributed by atoms with Crippen molar-refractivity contribution < 1.29 is 33.4 Å². The van der Waals surface area contributed by atoms with E-state index in [0.717, 1.165) is 70.9 Å². The second-order valence-electron chi connectivity index (χ2n) is 18.4. The Morgan fingerprint density at radius 3 is 2.32 bits per heavy atom. The number of ketones is 5. The van der Waals surface area contributed by atoms with Gasteiger partial charge in [-0.05, 0) is 103 Å². The van der Waals surface area contributed by atoms with Gasteiger partial charge in [-0.3, -0.25) is 24.0 Å². The highest BCUT2D eigenvalue weighted by atomic mass is 16.5. The quantitative estimate of drug-likeness (QED) is 0.139. The van der Waals surface area contributed by atoms with Gasteiger partial charge in [0.2, 0.25) is 0 Å². The number of rotatable bonds is 18. The lowest BCUT2D eigenvalue weighted by atomic mass is 9.69. The third-order valence-electron chi connectivity index (χ3n) is 13.6. The molecule has 0 amide bonds.